The van der Waals surface area contributed by atoms with Gasteiger partial charge in [0.05, 0.1) is 12.1 Å². The number of nitrogens with zero attached hydrogens (tertiary/aromatic N) is 1. The Bertz CT molecular complexity index is 566. The molecule has 0 aliphatic rings. The summed E-state index contributed by atoms with van der Waals surface area (Å²) >= 11 is 1.70. The molecule has 0 aliphatic carbocycles. The van der Waals surface area contributed by atoms with Crippen molar-refractivity contribution in [1.29, 1.82) is 0 Å². The number of carbonyl (C=O) groups is 1. The summed E-state index contributed by atoms with van der Waals surface area (Å²) in [7, 11) is 0. The molecule has 0 bridgehead atoms. The van der Waals surface area contributed by atoms with Crippen LogP contribution in [0, 0.1) is 0 Å². The van der Waals surface area contributed by atoms with Gasteiger partial charge in [0.15, 0.2) is 0 Å². The fourth-order valence-corrected chi connectivity index (χ4v) is 2.70. The second kappa shape index (κ2) is 5.75. The van der Waals surface area contributed by atoms with Gasteiger partial charge in [-0.05, 0) is 36.6 Å². The zero-order valence-corrected chi connectivity index (χ0v) is 11.6. The molecule has 100 valence electrons. The summed E-state index contributed by atoms with van der Waals surface area (Å²) in [6.07, 6.45) is 0. The lowest BCUT2D eigenvalue weighted by Crippen LogP contribution is -2.25. The van der Waals surface area contributed by atoms with Crippen LogP contribution in [-0.2, 0) is 6.54 Å². The zero-order chi connectivity index (χ0) is 13.8. The Morgan fingerprint density at radius 2 is 2.16 bits per heavy atom. The summed E-state index contributed by atoms with van der Waals surface area (Å²) in [6.45, 7) is 3.61. The van der Waals surface area contributed by atoms with E-state index in [0.29, 0.717) is 11.3 Å². The number of benzene rings is 1. The number of hydrogen-bond donors (Lipinski definition) is 2. The van der Waals surface area contributed by atoms with Crippen LogP contribution in [-0.4, -0.2) is 12.5 Å². The van der Waals surface area contributed by atoms with Crippen molar-refractivity contribution in [2.24, 2.45) is 5.73 Å². The second-order valence-electron chi connectivity index (χ2n) is 4.23. The number of anilines is 2. The molecule has 1 aromatic carbocycles. The highest BCUT2D eigenvalue weighted by Crippen LogP contribution is 2.25. The van der Waals surface area contributed by atoms with Crippen LogP contribution in [0.1, 0.15) is 22.2 Å². The first-order valence-electron chi connectivity index (χ1n) is 6.08. The molecule has 0 aliphatic heterocycles. The molecule has 0 radical (unpaired) electrons. The summed E-state index contributed by atoms with van der Waals surface area (Å²) in [5.41, 5.74) is 13.0. The van der Waals surface area contributed by atoms with E-state index in [1.54, 1.807) is 23.5 Å². The van der Waals surface area contributed by atoms with E-state index < -0.39 is 5.91 Å². The molecule has 1 aromatic heterocycles. The van der Waals surface area contributed by atoms with Crippen LogP contribution in [0.25, 0.3) is 0 Å². The lowest BCUT2D eigenvalue weighted by molar-refractivity contribution is 0.100. The molecule has 1 heterocycles. The quantitative estimate of drug-likeness (QED) is 0.823. The molecule has 0 atom stereocenters. The summed E-state index contributed by atoms with van der Waals surface area (Å²) < 4.78 is 0. The Balaban J connectivity index is 2.35. The van der Waals surface area contributed by atoms with Crippen molar-refractivity contribution >= 4 is 28.6 Å². The van der Waals surface area contributed by atoms with Crippen LogP contribution >= 0.6 is 11.3 Å². The molecule has 2 rings (SSSR count). The van der Waals surface area contributed by atoms with E-state index in [9.17, 15) is 4.79 Å². The summed E-state index contributed by atoms with van der Waals surface area (Å²) in [5, 5.41) is 2.04. The molecular weight excluding hydrogens is 258 g/mol. The van der Waals surface area contributed by atoms with Gasteiger partial charge in [-0.25, -0.2) is 0 Å². The van der Waals surface area contributed by atoms with Crippen molar-refractivity contribution in [3.63, 3.8) is 0 Å². The van der Waals surface area contributed by atoms with Crippen molar-refractivity contribution in [2.45, 2.75) is 13.5 Å². The van der Waals surface area contributed by atoms with Crippen molar-refractivity contribution < 1.29 is 4.79 Å². The Morgan fingerprint density at radius 1 is 1.37 bits per heavy atom. The minimum Gasteiger partial charge on any atom is -0.399 e. The van der Waals surface area contributed by atoms with Crippen LogP contribution in [0.2, 0.25) is 0 Å². The normalized spacial score (nSPS) is 10.4. The molecule has 0 unspecified atom stereocenters. The van der Waals surface area contributed by atoms with Gasteiger partial charge in [0, 0.05) is 22.8 Å². The highest BCUT2D eigenvalue weighted by atomic mass is 32.1. The number of carbonyl (C=O) groups excluding carboxylic acids is 1. The molecule has 0 fully saturated rings. The van der Waals surface area contributed by atoms with E-state index in [0.717, 1.165) is 18.8 Å². The van der Waals surface area contributed by atoms with Crippen molar-refractivity contribution in [3.05, 3.63) is 46.2 Å². The third-order valence-corrected chi connectivity index (χ3v) is 3.80. The average molecular weight is 275 g/mol. The first-order chi connectivity index (χ1) is 9.11. The van der Waals surface area contributed by atoms with Crippen LogP contribution in [0.5, 0.6) is 0 Å². The highest BCUT2D eigenvalue weighted by Gasteiger charge is 2.14. The third-order valence-electron chi connectivity index (χ3n) is 2.94. The van der Waals surface area contributed by atoms with Crippen LogP contribution in [0.3, 0.4) is 0 Å². The molecule has 0 saturated heterocycles. The molecule has 4 nitrogen and oxygen atoms in total. The van der Waals surface area contributed by atoms with E-state index in [1.807, 2.05) is 17.5 Å². The molecule has 1 amide bonds. The first kappa shape index (κ1) is 13.4. The number of hydrogen-bond acceptors (Lipinski definition) is 4. The van der Waals surface area contributed by atoms with Crippen LogP contribution in [0.4, 0.5) is 11.4 Å². The van der Waals surface area contributed by atoms with Crippen molar-refractivity contribution in [2.75, 3.05) is 17.2 Å². The van der Waals surface area contributed by atoms with E-state index >= 15 is 0 Å². The first-order valence-corrected chi connectivity index (χ1v) is 6.96. The van der Waals surface area contributed by atoms with E-state index in [-0.39, 0.29) is 0 Å². The van der Waals surface area contributed by atoms with Crippen molar-refractivity contribution in [1.82, 2.24) is 0 Å². The van der Waals surface area contributed by atoms with Crippen molar-refractivity contribution in [3.8, 4) is 0 Å². The molecule has 0 saturated carbocycles. The van der Waals surface area contributed by atoms with Gasteiger partial charge in [-0.1, -0.05) is 6.07 Å². The number of rotatable bonds is 5. The SMILES string of the molecule is CCN(Cc1cccs1)c1ccc(N)cc1C(N)=O. The fourth-order valence-electron chi connectivity index (χ4n) is 1.98. The van der Waals surface area contributed by atoms with Crippen LogP contribution in [0.15, 0.2) is 35.7 Å². The minimum atomic E-state index is -0.452. The lowest BCUT2D eigenvalue weighted by atomic mass is 10.1. The number of nitrogens with two attached hydrogens (primary N) is 2. The second-order valence-corrected chi connectivity index (χ2v) is 5.27. The Labute approximate surface area is 116 Å². The van der Waals surface area contributed by atoms with Gasteiger partial charge in [-0.15, -0.1) is 11.3 Å². The van der Waals surface area contributed by atoms with Gasteiger partial charge in [-0.2, -0.15) is 0 Å². The molecule has 5 heteroatoms. The number of thiophene rings is 1. The Kier molecular flexibility index (Phi) is 4.06. The topological polar surface area (TPSA) is 72.3 Å². The smallest absolute Gasteiger partial charge is 0.250 e. The van der Waals surface area contributed by atoms with Gasteiger partial charge in [0.25, 0.3) is 5.91 Å². The number of amides is 1. The maximum absolute atomic E-state index is 11.5. The number of nitrogen functional groups attached to an aromatic ring is 1. The third kappa shape index (κ3) is 3.06. The summed E-state index contributed by atoms with van der Waals surface area (Å²) in [5.74, 6) is -0.452. The van der Waals surface area contributed by atoms with Gasteiger partial charge in [0.1, 0.15) is 0 Å². The molecule has 0 spiro atoms. The lowest BCUT2D eigenvalue weighted by Gasteiger charge is -2.24. The maximum atomic E-state index is 11.5. The van der Waals surface area contributed by atoms with Gasteiger partial charge >= 0.3 is 0 Å². The number of primary amides is 1. The van der Waals surface area contributed by atoms with E-state index in [4.69, 9.17) is 11.5 Å². The average Bonchev–Trinajstić information content (AvgIpc) is 2.89. The molecule has 4 N–H and O–H groups in total. The summed E-state index contributed by atoms with van der Waals surface area (Å²) in [6, 6.07) is 9.38. The zero-order valence-electron chi connectivity index (χ0n) is 10.8. The van der Waals surface area contributed by atoms with Gasteiger partial charge in [-0.3, -0.25) is 4.79 Å². The molecule has 19 heavy (non-hydrogen) atoms. The standard InChI is InChI=1S/C14H17N3OS/c1-2-17(9-11-4-3-7-19-11)13-6-5-10(15)8-12(13)14(16)18/h3-8H,2,9,15H2,1H3,(H2,16,18). The fraction of sp³-hybridized carbons (Fsp3) is 0.214. The molecular formula is C14H17N3OS. The maximum Gasteiger partial charge on any atom is 0.250 e. The van der Waals surface area contributed by atoms with Gasteiger partial charge < -0.3 is 16.4 Å². The summed E-state index contributed by atoms with van der Waals surface area (Å²) in [4.78, 5) is 14.9. The largest absolute Gasteiger partial charge is 0.399 e. The van der Waals surface area contributed by atoms with E-state index in [1.165, 1.54) is 4.88 Å². The monoisotopic (exact) mass is 275 g/mol. The van der Waals surface area contributed by atoms with E-state index in [2.05, 4.69) is 17.9 Å². The Hall–Kier alpha value is -2.01. The molecule has 2 aromatic rings. The van der Waals surface area contributed by atoms with Gasteiger partial charge in [0.2, 0.25) is 0 Å². The Morgan fingerprint density at radius 3 is 2.74 bits per heavy atom. The minimum absolute atomic E-state index is 0.452. The highest BCUT2D eigenvalue weighted by molar-refractivity contribution is 7.09. The van der Waals surface area contributed by atoms with Crippen LogP contribution < -0.4 is 16.4 Å². The predicted molar refractivity (Wildman–Crippen MR) is 80.4 cm³/mol. The predicted octanol–water partition coefficient (Wildman–Crippen LogP) is 2.46.